The predicted molar refractivity (Wildman–Crippen MR) is 120 cm³/mol. The van der Waals surface area contributed by atoms with Crippen molar-refractivity contribution in [2.24, 2.45) is 0 Å². The van der Waals surface area contributed by atoms with Gasteiger partial charge in [-0.15, -0.1) is 0 Å². The number of hydrogen-bond acceptors (Lipinski definition) is 5. The van der Waals surface area contributed by atoms with Crippen LogP contribution in [0.1, 0.15) is 0 Å². The monoisotopic (exact) mass is 418 g/mol. The average Bonchev–Trinajstić information content (AvgIpc) is 3.23. The fourth-order valence-electron chi connectivity index (χ4n) is 3.25. The van der Waals surface area contributed by atoms with Gasteiger partial charge in [0.05, 0.1) is 38.1 Å². The van der Waals surface area contributed by atoms with Gasteiger partial charge in [0.2, 0.25) is 5.75 Å². The molecule has 0 atom stereocenters. The summed E-state index contributed by atoms with van der Waals surface area (Å²) < 4.78 is 15.9. The van der Waals surface area contributed by atoms with Crippen molar-refractivity contribution in [2.45, 2.75) is 0 Å². The maximum absolute atomic E-state index is 12.5. The van der Waals surface area contributed by atoms with Crippen LogP contribution < -0.4 is 24.8 Å². The van der Waals surface area contributed by atoms with Gasteiger partial charge in [0.25, 0.3) is 0 Å². The maximum atomic E-state index is 12.5. The van der Waals surface area contributed by atoms with E-state index >= 15 is 0 Å². The second-order valence-electron chi connectivity index (χ2n) is 6.67. The minimum atomic E-state index is -0.397. The molecule has 8 nitrogen and oxygen atoms in total. The van der Waals surface area contributed by atoms with Gasteiger partial charge in [-0.2, -0.15) is 0 Å². The van der Waals surface area contributed by atoms with E-state index < -0.39 is 6.03 Å². The second kappa shape index (κ2) is 8.66. The van der Waals surface area contributed by atoms with Crippen LogP contribution in [-0.2, 0) is 0 Å². The molecule has 4 rings (SSSR count). The van der Waals surface area contributed by atoms with Gasteiger partial charge in [-0.25, -0.2) is 9.78 Å². The van der Waals surface area contributed by atoms with Crippen LogP contribution in [0.4, 0.5) is 16.2 Å². The van der Waals surface area contributed by atoms with Crippen LogP contribution in [0.5, 0.6) is 17.2 Å². The zero-order valence-corrected chi connectivity index (χ0v) is 17.4. The van der Waals surface area contributed by atoms with Crippen molar-refractivity contribution in [1.82, 2.24) is 9.97 Å². The zero-order valence-electron chi connectivity index (χ0n) is 17.4. The van der Waals surface area contributed by atoms with Crippen molar-refractivity contribution in [2.75, 3.05) is 32.0 Å². The minimum Gasteiger partial charge on any atom is -0.493 e. The van der Waals surface area contributed by atoms with Crippen LogP contribution in [0.25, 0.3) is 22.4 Å². The van der Waals surface area contributed by atoms with Crippen LogP contribution in [0.3, 0.4) is 0 Å². The van der Waals surface area contributed by atoms with E-state index in [4.69, 9.17) is 14.2 Å². The number of fused-ring (bicyclic) bond motifs is 1. The third-order valence-electron chi connectivity index (χ3n) is 4.73. The summed E-state index contributed by atoms with van der Waals surface area (Å²) in [6, 6.07) is 18.2. The van der Waals surface area contributed by atoms with Crippen LogP contribution in [0.15, 0.2) is 60.7 Å². The number of carbonyl (C=O) groups excluding carboxylic acids is 1. The molecule has 0 aliphatic heterocycles. The molecule has 0 fully saturated rings. The summed E-state index contributed by atoms with van der Waals surface area (Å²) >= 11 is 0. The SMILES string of the molecule is COc1cc(NC(=O)Nc2ccc(-c3nc4ccccc4[nH]3)cc2)cc(OC)c1OC. The molecule has 158 valence electrons. The third kappa shape index (κ3) is 4.23. The number of imidazole rings is 1. The summed E-state index contributed by atoms with van der Waals surface area (Å²) in [6.45, 7) is 0. The first-order chi connectivity index (χ1) is 15.1. The third-order valence-corrected chi connectivity index (χ3v) is 4.73. The van der Waals surface area contributed by atoms with Gasteiger partial charge >= 0.3 is 6.03 Å². The Balaban J connectivity index is 1.46. The van der Waals surface area contributed by atoms with Crippen molar-refractivity contribution in [1.29, 1.82) is 0 Å². The molecule has 0 unspecified atom stereocenters. The Kier molecular flexibility index (Phi) is 5.61. The number of methoxy groups -OCH3 is 3. The molecule has 0 aliphatic rings. The smallest absolute Gasteiger partial charge is 0.323 e. The lowest BCUT2D eigenvalue weighted by Crippen LogP contribution is -2.19. The Labute approximate surface area is 179 Å². The molecule has 31 heavy (non-hydrogen) atoms. The summed E-state index contributed by atoms with van der Waals surface area (Å²) in [5, 5.41) is 5.58. The summed E-state index contributed by atoms with van der Waals surface area (Å²) in [6.07, 6.45) is 0. The number of rotatable bonds is 6. The maximum Gasteiger partial charge on any atom is 0.323 e. The average molecular weight is 418 g/mol. The Morgan fingerprint density at radius 2 is 1.48 bits per heavy atom. The van der Waals surface area contributed by atoms with E-state index in [1.807, 2.05) is 48.5 Å². The van der Waals surface area contributed by atoms with Gasteiger partial charge in [-0.1, -0.05) is 12.1 Å². The molecule has 1 aromatic heterocycles. The molecule has 0 radical (unpaired) electrons. The molecule has 0 bridgehead atoms. The number of urea groups is 1. The standard InChI is InChI=1S/C23H22N4O4/c1-29-19-12-16(13-20(30-2)21(19)31-3)25-23(28)24-15-10-8-14(9-11-15)22-26-17-6-4-5-7-18(17)27-22/h4-13H,1-3H3,(H,26,27)(H2,24,25,28). The van der Waals surface area contributed by atoms with E-state index in [9.17, 15) is 4.79 Å². The molecule has 3 N–H and O–H groups in total. The largest absolute Gasteiger partial charge is 0.493 e. The number of benzene rings is 3. The summed E-state index contributed by atoms with van der Waals surface area (Å²) in [4.78, 5) is 20.3. The Bertz CT molecular complexity index is 1160. The topological polar surface area (TPSA) is 97.5 Å². The number of nitrogens with one attached hydrogen (secondary N) is 3. The fourth-order valence-corrected chi connectivity index (χ4v) is 3.25. The van der Waals surface area contributed by atoms with E-state index in [0.29, 0.717) is 28.6 Å². The second-order valence-corrected chi connectivity index (χ2v) is 6.67. The first-order valence-electron chi connectivity index (χ1n) is 9.54. The number of carbonyl (C=O) groups is 1. The molecule has 0 aliphatic carbocycles. The highest BCUT2D eigenvalue weighted by Crippen LogP contribution is 2.39. The number of hydrogen-bond donors (Lipinski definition) is 3. The molecular weight excluding hydrogens is 396 g/mol. The first kappa shape index (κ1) is 20.1. The molecule has 1 heterocycles. The quantitative estimate of drug-likeness (QED) is 0.414. The Morgan fingerprint density at radius 1 is 0.839 bits per heavy atom. The van der Waals surface area contributed by atoms with E-state index in [1.54, 1.807) is 12.1 Å². The highest BCUT2D eigenvalue weighted by Gasteiger charge is 2.14. The lowest BCUT2D eigenvalue weighted by Gasteiger charge is -2.15. The van der Waals surface area contributed by atoms with Gasteiger partial charge in [0.15, 0.2) is 11.5 Å². The van der Waals surface area contributed by atoms with Gasteiger partial charge in [0.1, 0.15) is 5.82 Å². The number of amides is 2. The highest BCUT2D eigenvalue weighted by molar-refractivity contribution is 6.00. The number of anilines is 2. The number of aromatic amines is 1. The number of ether oxygens (including phenoxy) is 3. The van der Waals surface area contributed by atoms with Crippen LogP contribution in [0.2, 0.25) is 0 Å². The van der Waals surface area contributed by atoms with Crippen LogP contribution in [-0.4, -0.2) is 37.3 Å². The molecule has 2 amide bonds. The summed E-state index contributed by atoms with van der Waals surface area (Å²) in [5.74, 6) is 2.13. The Hall–Kier alpha value is -4.20. The molecule has 4 aromatic rings. The van der Waals surface area contributed by atoms with Crippen molar-refractivity contribution in [3.05, 3.63) is 60.7 Å². The Morgan fingerprint density at radius 3 is 2.10 bits per heavy atom. The lowest BCUT2D eigenvalue weighted by atomic mass is 10.2. The van der Waals surface area contributed by atoms with Crippen molar-refractivity contribution >= 4 is 28.4 Å². The molecule has 8 heteroatoms. The molecule has 3 aromatic carbocycles. The van der Waals surface area contributed by atoms with Crippen molar-refractivity contribution in [3.63, 3.8) is 0 Å². The van der Waals surface area contributed by atoms with Gasteiger partial charge in [0, 0.05) is 23.4 Å². The molecule has 0 saturated carbocycles. The number of para-hydroxylation sites is 2. The van der Waals surface area contributed by atoms with E-state index in [-0.39, 0.29) is 0 Å². The van der Waals surface area contributed by atoms with Gasteiger partial charge in [-0.3, -0.25) is 0 Å². The summed E-state index contributed by atoms with van der Waals surface area (Å²) in [5.41, 5.74) is 3.95. The van der Waals surface area contributed by atoms with E-state index in [1.165, 1.54) is 21.3 Å². The van der Waals surface area contributed by atoms with Crippen molar-refractivity contribution in [3.8, 4) is 28.6 Å². The van der Waals surface area contributed by atoms with Crippen LogP contribution >= 0.6 is 0 Å². The van der Waals surface area contributed by atoms with Crippen molar-refractivity contribution < 1.29 is 19.0 Å². The zero-order chi connectivity index (χ0) is 21.8. The number of nitrogens with zero attached hydrogens (tertiary/aromatic N) is 1. The molecule has 0 spiro atoms. The van der Waals surface area contributed by atoms with Gasteiger partial charge in [-0.05, 0) is 36.4 Å². The number of H-pyrrole nitrogens is 1. The fraction of sp³-hybridized carbons (Fsp3) is 0.130. The van der Waals surface area contributed by atoms with Crippen LogP contribution in [0, 0.1) is 0 Å². The predicted octanol–water partition coefficient (Wildman–Crippen LogP) is 4.90. The first-order valence-corrected chi connectivity index (χ1v) is 9.54. The normalized spacial score (nSPS) is 10.5. The lowest BCUT2D eigenvalue weighted by molar-refractivity contribution is 0.262. The van der Waals surface area contributed by atoms with E-state index in [2.05, 4.69) is 20.6 Å². The highest BCUT2D eigenvalue weighted by atomic mass is 16.5. The molecule has 0 saturated heterocycles. The number of aromatic nitrogens is 2. The van der Waals surface area contributed by atoms with E-state index in [0.717, 1.165) is 22.4 Å². The minimum absolute atomic E-state index is 0.397. The summed E-state index contributed by atoms with van der Waals surface area (Å²) in [7, 11) is 4.56. The van der Waals surface area contributed by atoms with Gasteiger partial charge < -0.3 is 29.8 Å². The molecular formula is C23H22N4O4.